The maximum Gasteiger partial charge on any atom is 0.0148 e. The lowest BCUT2D eigenvalue weighted by Gasteiger charge is -2.10. The molecule has 0 saturated heterocycles. The van der Waals surface area contributed by atoms with Crippen LogP contribution in [0.25, 0.3) is 55.2 Å². The van der Waals surface area contributed by atoms with E-state index in [1.165, 1.54) is 64.0 Å². The topological polar surface area (TPSA) is 0 Å². The Morgan fingerprint density at radius 1 is 0.412 bits per heavy atom. The van der Waals surface area contributed by atoms with Gasteiger partial charge in [-0.2, -0.15) is 0 Å². The molecule has 0 bridgehead atoms. The highest BCUT2D eigenvalue weighted by Crippen LogP contribution is 2.34. The Labute approximate surface area is 208 Å². The first kappa shape index (κ1) is 21.3. The van der Waals surface area contributed by atoms with Crippen molar-refractivity contribution < 1.29 is 0 Å². The Morgan fingerprint density at radius 2 is 0.735 bits per heavy atom. The zero-order chi connectivity index (χ0) is 23.1. The van der Waals surface area contributed by atoms with Crippen molar-refractivity contribution in [1.29, 1.82) is 0 Å². The Kier molecular flexibility index (Phi) is 5.57. The fourth-order valence-corrected chi connectivity index (χ4v) is 5.99. The van der Waals surface area contributed by atoms with Crippen LogP contribution in [0.3, 0.4) is 0 Å². The van der Waals surface area contributed by atoms with Gasteiger partial charge in [0, 0.05) is 9.79 Å². The molecule has 0 heterocycles. The van der Waals surface area contributed by atoms with Crippen molar-refractivity contribution in [3.63, 3.8) is 0 Å². The molecule has 0 aliphatic rings. The molecule has 0 amide bonds. The van der Waals surface area contributed by atoms with Crippen molar-refractivity contribution in [2.24, 2.45) is 0 Å². The average Bonchev–Trinajstić information content (AvgIpc) is 2.88. The number of fused-ring (bicyclic) bond motifs is 4. The summed E-state index contributed by atoms with van der Waals surface area (Å²) in [6, 6.07) is 35.7. The highest BCUT2D eigenvalue weighted by molar-refractivity contribution is 7.99. The van der Waals surface area contributed by atoms with Crippen LogP contribution in [0, 0.1) is 0 Å². The molecule has 164 valence electrons. The predicted molar refractivity (Wildman–Crippen MR) is 155 cm³/mol. The summed E-state index contributed by atoms with van der Waals surface area (Å²) in [5.41, 5.74) is 2.53. The number of rotatable bonds is 4. The molecule has 0 aliphatic heterocycles. The second kappa shape index (κ2) is 8.87. The van der Waals surface area contributed by atoms with E-state index >= 15 is 0 Å². The number of benzene rings is 6. The molecule has 0 N–H and O–H groups in total. The molecule has 34 heavy (non-hydrogen) atoms. The molecule has 0 saturated carbocycles. The van der Waals surface area contributed by atoms with Gasteiger partial charge in [0.05, 0.1) is 0 Å². The van der Waals surface area contributed by atoms with E-state index in [0.29, 0.717) is 0 Å². The summed E-state index contributed by atoms with van der Waals surface area (Å²) in [5.74, 6) is 0. The van der Waals surface area contributed by atoms with Gasteiger partial charge in [-0.3, -0.25) is 0 Å². The number of thioether (sulfide) groups is 2. The lowest BCUT2D eigenvalue weighted by Crippen LogP contribution is -1.85. The van der Waals surface area contributed by atoms with Crippen LogP contribution in [0.2, 0.25) is 0 Å². The van der Waals surface area contributed by atoms with Crippen molar-refractivity contribution in [1.82, 2.24) is 0 Å². The van der Waals surface area contributed by atoms with Crippen molar-refractivity contribution >= 4 is 78.8 Å². The molecule has 6 aromatic carbocycles. The third-order valence-corrected chi connectivity index (χ3v) is 8.14. The molecular weight excluding hydrogens is 448 g/mol. The molecule has 0 atom stereocenters. The van der Waals surface area contributed by atoms with E-state index in [4.69, 9.17) is 0 Å². The minimum Gasteiger partial charge on any atom is -0.129 e. The summed E-state index contributed by atoms with van der Waals surface area (Å²) >= 11 is 3.62. The molecule has 0 unspecified atom stereocenters. The van der Waals surface area contributed by atoms with Crippen LogP contribution < -0.4 is 0 Å². The third kappa shape index (κ3) is 3.87. The smallest absolute Gasteiger partial charge is 0.0148 e. The number of hydrogen-bond acceptors (Lipinski definition) is 2. The van der Waals surface area contributed by atoms with Gasteiger partial charge < -0.3 is 0 Å². The maximum absolute atomic E-state index is 2.33. The first-order valence-electron chi connectivity index (χ1n) is 11.4. The van der Waals surface area contributed by atoms with Crippen LogP contribution in [-0.4, -0.2) is 12.5 Å². The second-order valence-electron chi connectivity index (χ2n) is 8.61. The van der Waals surface area contributed by atoms with Gasteiger partial charge in [0.25, 0.3) is 0 Å². The molecule has 0 aliphatic carbocycles. The highest BCUT2D eigenvalue weighted by Gasteiger charge is 2.07. The second-order valence-corrected chi connectivity index (χ2v) is 10.3. The van der Waals surface area contributed by atoms with Crippen molar-refractivity contribution in [3.8, 4) is 0 Å². The fourth-order valence-electron chi connectivity index (χ4n) is 4.77. The van der Waals surface area contributed by atoms with Crippen molar-refractivity contribution in [2.75, 3.05) is 12.5 Å². The zero-order valence-corrected chi connectivity index (χ0v) is 20.8. The van der Waals surface area contributed by atoms with E-state index in [1.54, 1.807) is 0 Å². The molecular formula is C32H24S2. The van der Waals surface area contributed by atoms with Gasteiger partial charge in [0.1, 0.15) is 0 Å². The van der Waals surface area contributed by atoms with Gasteiger partial charge in [-0.15, -0.1) is 23.5 Å². The summed E-state index contributed by atoms with van der Waals surface area (Å²) in [4.78, 5) is 2.60. The van der Waals surface area contributed by atoms with E-state index in [-0.39, 0.29) is 0 Å². The normalized spacial score (nSPS) is 11.9. The van der Waals surface area contributed by atoms with E-state index in [0.717, 1.165) is 0 Å². The third-order valence-electron chi connectivity index (χ3n) is 6.55. The van der Waals surface area contributed by atoms with E-state index < -0.39 is 0 Å². The molecule has 0 aromatic heterocycles. The molecule has 2 heteroatoms. The van der Waals surface area contributed by atoms with Crippen LogP contribution >= 0.6 is 23.5 Å². The lowest BCUT2D eigenvalue weighted by atomic mass is 10.00. The minimum absolute atomic E-state index is 1.26. The molecule has 6 aromatic rings. The predicted octanol–water partition coefficient (Wildman–Crippen LogP) is 9.91. The van der Waals surface area contributed by atoms with E-state index in [2.05, 4.69) is 122 Å². The Bertz CT molecular complexity index is 1600. The van der Waals surface area contributed by atoms with Crippen LogP contribution in [-0.2, 0) is 0 Å². The van der Waals surface area contributed by atoms with Crippen LogP contribution in [0.1, 0.15) is 11.1 Å². The zero-order valence-electron chi connectivity index (χ0n) is 19.2. The van der Waals surface area contributed by atoms with Crippen LogP contribution in [0.5, 0.6) is 0 Å². The molecule has 6 rings (SSSR count). The minimum atomic E-state index is 1.26. The standard InChI is InChI=1S/C32H24S2/c1-33-31-19-29-15-23-9-5-3-7-21(23)13-27(29)17-25(31)11-12-26-18-28-14-22-8-4-6-10-24(22)16-30(28)20-32(26)34-2/h3-20H,1-2H3/b12-11+. The Morgan fingerprint density at radius 3 is 1.06 bits per heavy atom. The van der Waals surface area contributed by atoms with Crippen molar-refractivity contribution in [2.45, 2.75) is 9.79 Å². The van der Waals surface area contributed by atoms with Gasteiger partial charge in [-0.25, -0.2) is 0 Å². The molecule has 0 nitrogen and oxygen atoms in total. The van der Waals surface area contributed by atoms with Gasteiger partial charge in [0.2, 0.25) is 0 Å². The first-order valence-corrected chi connectivity index (χ1v) is 13.9. The summed E-state index contributed by atoms with van der Waals surface area (Å²) < 4.78 is 0. The van der Waals surface area contributed by atoms with E-state index in [9.17, 15) is 0 Å². The first-order chi connectivity index (χ1) is 16.7. The van der Waals surface area contributed by atoms with Gasteiger partial charge in [0.15, 0.2) is 0 Å². The fraction of sp³-hybridized carbons (Fsp3) is 0.0625. The Balaban J connectivity index is 1.47. The van der Waals surface area contributed by atoms with Gasteiger partial charge in [-0.05, 0) is 115 Å². The summed E-state index contributed by atoms with van der Waals surface area (Å²) in [6.07, 6.45) is 8.88. The average molecular weight is 473 g/mol. The lowest BCUT2D eigenvalue weighted by molar-refractivity contribution is 1.46. The number of hydrogen-bond donors (Lipinski definition) is 0. The largest absolute Gasteiger partial charge is 0.129 e. The Hall–Kier alpha value is -3.20. The quantitative estimate of drug-likeness (QED) is 0.142. The van der Waals surface area contributed by atoms with Gasteiger partial charge in [-0.1, -0.05) is 60.7 Å². The van der Waals surface area contributed by atoms with Crippen LogP contribution in [0.4, 0.5) is 0 Å². The highest BCUT2D eigenvalue weighted by atomic mass is 32.2. The monoisotopic (exact) mass is 472 g/mol. The van der Waals surface area contributed by atoms with E-state index in [1.807, 2.05) is 23.5 Å². The maximum atomic E-state index is 2.33. The molecule has 0 fully saturated rings. The molecule has 0 spiro atoms. The summed E-state index contributed by atoms with van der Waals surface area (Å²) in [5, 5.41) is 10.3. The SMILES string of the molecule is CSc1cc2cc3ccccc3cc2cc1/C=C/c1cc2cc3ccccc3cc2cc1SC. The van der Waals surface area contributed by atoms with Gasteiger partial charge >= 0.3 is 0 Å². The van der Waals surface area contributed by atoms with Crippen LogP contribution in [0.15, 0.2) is 107 Å². The summed E-state index contributed by atoms with van der Waals surface area (Å²) in [6.45, 7) is 0. The molecule has 0 radical (unpaired) electrons. The summed E-state index contributed by atoms with van der Waals surface area (Å²) in [7, 11) is 0. The van der Waals surface area contributed by atoms with Crippen molar-refractivity contribution in [3.05, 3.63) is 108 Å².